The minimum atomic E-state index is -0.196. The monoisotopic (exact) mass is 289 g/mol. The van der Waals surface area contributed by atoms with Gasteiger partial charge in [-0.25, -0.2) is 0 Å². The van der Waals surface area contributed by atoms with Gasteiger partial charge in [-0.2, -0.15) is 0 Å². The number of thiophene rings is 1. The van der Waals surface area contributed by atoms with E-state index in [0.717, 1.165) is 0 Å². The summed E-state index contributed by atoms with van der Waals surface area (Å²) in [5, 5.41) is 13.4. The zero-order valence-electron chi connectivity index (χ0n) is 11.1. The second-order valence-electron chi connectivity index (χ2n) is 4.15. The third kappa shape index (κ3) is 3.50. The first kappa shape index (κ1) is 14.4. The Morgan fingerprint density at radius 1 is 1.55 bits per heavy atom. The lowest BCUT2D eigenvalue weighted by Crippen LogP contribution is -2.26. The van der Waals surface area contributed by atoms with Crippen LogP contribution in [-0.2, 0) is 0 Å². The van der Waals surface area contributed by atoms with Gasteiger partial charge >= 0.3 is 0 Å². The quantitative estimate of drug-likeness (QED) is 0.850. The van der Waals surface area contributed by atoms with Gasteiger partial charge in [0.25, 0.3) is 5.91 Å². The molecular weight excluding hydrogens is 274 g/mol. The molecule has 0 saturated heterocycles. The lowest BCUT2D eigenvalue weighted by atomic mass is 10.2. The topological polar surface area (TPSA) is 62.5 Å². The largest absolute Gasteiger partial charge is 0.467 e. The van der Waals surface area contributed by atoms with Gasteiger partial charge in [-0.3, -0.25) is 4.79 Å². The fraction of sp³-hybridized carbons (Fsp3) is 0.267. The number of carbonyl (C=O) groups is 1. The third-order valence-electron chi connectivity index (χ3n) is 2.65. The molecule has 2 heterocycles. The van der Waals surface area contributed by atoms with E-state index < -0.39 is 0 Å². The van der Waals surface area contributed by atoms with Crippen molar-refractivity contribution >= 4 is 17.2 Å². The van der Waals surface area contributed by atoms with Crippen LogP contribution in [0.4, 0.5) is 0 Å². The average molecular weight is 289 g/mol. The molecule has 5 heteroatoms. The van der Waals surface area contributed by atoms with E-state index in [9.17, 15) is 4.79 Å². The predicted octanol–water partition coefficient (Wildman–Crippen LogP) is 2.57. The summed E-state index contributed by atoms with van der Waals surface area (Å²) in [7, 11) is 0. The normalized spacial score (nSPS) is 11.5. The van der Waals surface area contributed by atoms with E-state index in [4.69, 9.17) is 9.52 Å². The molecule has 2 rings (SSSR count). The molecule has 104 valence electrons. The molecule has 0 fully saturated rings. The molecule has 2 aromatic rings. The first-order valence-corrected chi connectivity index (χ1v) is 7.12. The molecule has 0 aliphatic carbocycles. The van der Waals surface area contributed by atoms with Crippen LogP contribution in [0.15, 0.2) is 34.3 Å². The number of aliphatic hydroxyl groups is 1. The average Bonchev–Trinajstić information content (AvgIpc) is 3.10. The van der Waals surface area contributed by atoms with E-state index in [-0.39, 0.29) is 18.6 Å². The zero-order valence-corrected chi connectivity index (χ0v) is 11.9. The van der Waals surface area contributed by atoms with Crippen LogP contribution in [0.25, 0.3) is 0 Å². The van der Waals surface area contributed by atoms with Crippen molar-refractivity contribution in [3.8, 4) is 11.8 Å². The van der Waals surface area contributed by atoms with E-state index in [0.29, 0.717) is 22.6 Å². The summed E-state index contributed by atoms with van der Waals surface area (Å²) >= 11 is 1.35. The van der Waals surface area contributed by atoms with Crippen LogP contribution in [0.1, 0.15) is 40.4 Å². The molecule has 4 nitrogen and oxygen atoms in total. The van der Waals surface area contributed by atoms with Crippen LogP contribution in [0, 0.1) is 11.8 Å². The highest BCUT2D eigenvalue weighted by Gasteiger charge is 2.16. The second-order valence-corrected chi connectivity index (χ2v) is 5.07. The Labute approximate surface area is 121 Å². The first-order valence-electron chi connectivity index (χ1n) is 6.24. The van der Waals surface area contributed by atoms with E-state index in [2.05, 4.69) is 17.2 Å². The molecule has 0 radical (unpaired) electrons. The molecule has 0 bridgehead atoms. The first-order chi connectivity index (χ1) is 9.72. The second kappa shape index (κ2) is 6.94. The van der Waals surface area contributed by atoms with Gasteiger partial charge in [0.1, 0.15) is 10.6 Å². The lowest BCUT2D eigenvalue weighted by molar-refractivity contribution is 0.0939. The maximum Gasteiger partial charge on any atom is 0.263 e. The predicted molar refractivity (Wildman–Crippen MR) is 77.5 cm³/mol. The van der Waals surface area contributed by atoms with Crippen LogP contribution in [0.3, 0.4) is 0 Å². The summed E-state index contributed by atoms with van der Waals surface area (Å²) in [5.41, 5.74) is 0.688. The van der Waals surface area contributed by atoms with Crippen LogP contribution >= 0.6 is 11.3 Å². The zero-order chi connectivity index (χ0) is 14.4. The fourth-order valence-electron chi connectivity index (χ4n) is 1.67. The number of nitrogens with one attached hydrogen (secondary N) is 1. The molecule has 1 amide bonds. The lowest BCUT2D eigenvalue weighted by Gasteiger charge is -2.10. The molecule has 2 aromatic heterocycles. The maximum atomic E-state index is 12.2. The SMILES string of the molecule is CC(NC(=O)c1sccc1C#CCCO)c1ccco1. The van der Waals surface area contributed by atoms with Crippen molar-refractivity contribution in [1.82, 2.24) is 5.32 Å². The Morgan fingerprint density at radius 3 is 3.10 bits per heavy atom. The van der Waals surface area contributed by atoms with Crippen molar-refractivity contribution < 1.29 is 14.3 Å². The van der Waals surface area contributed by atoms with Crippen molar-refractivity contribution in [2.75, 3.05) is 6.61 Å². The van der Waals surface area contributed by atoms with Crippen LogP contribution in [0.2, 0.25) is 0 Å². The third-order valence-corrected chi connectivity index (χ3v) is 3.56. The van der Waals surface area contributed by atoms with Gasteiger partial charge in [0.15, 0.2) is 0 Å². The van der Waals surface area contributed by atoms with E-state index in [1.807, 2.05) is 24.4 Å². The van der Waals surface area contributed by atoms with Gasteiger partial charge in [-0.05, 0) is 30.5 Å². The van der Waals surface area contributed by atoms with Crippen LogP contribution < -0.4 is 5.32 Å². The molecule has 0 aliphatic heterocycles. The Morgan fingerprint density at radius 2 is 2.40 bits per heavy atom. The van der Waals surface area contributed by atoms with Crippen molar-refractivity contribution in [2.24, 2.45) is 0 Å². The minimum Gasteiger partial charge on any atom is -0.467 e. The number of amides is 1. The van der Waals surface area contributed by atoms with E-state index in [1.54, 1.807) is 12.3 Å². The number of hydrogen-bond donors (Lipinski definition) is 2. The van der Waals surface area contributed by atoms with Gasteiger partial charge in [0.2, 0.25) is 0 Å². The van der Waals surface area contributed by atoms with Gasteiger partial charge in [0.05, 0.1) is 18.9 Å². The Kier molecular flexibility index (Phi) is 4.99. The molecular formula is C15H15NO3S. The van der Waals surface area contributed by atoms with Crippen molar-refractivity contribution in [1.29, 1.82) is 0 Å². The molecule has 0 spiro atoms. The van der Waals surface area contributed by atoms with Gasteiger partial charge in [-0.1, -0.05) is 11.8 Å². The van der Waals surface area contributed by atoms with Crippen molar-refractivity contribution in [3.05, 3.63) is 46.0 Å². The smallest absolute Gasteiger partial charge is 0.263 e. The van der Waals surface area contributed by atoms with Crippen LogP contribution in [0.5, 0.6) is 0 Å². The summed E-state index contributed by atoms with van der Waals surface area (Å²) in [4.78, 5) is 12.8. The summed E-state index contributed by atoms with van der Waals surface area (Å²) < 4.78 is 5.26. The maximum absolute atomic E-state index is 12.2. The summed E-state index contributed by atoms with van der Waals surface area (Å²) in [6.07, 6.45) is 1.98. The Bertz CT molecular complexity index is 619. The van der Waals surface area contributed by atoms with E-state index in [1.165, 1.54) is 11.3 Å². The summed E-state index contributed by atoms with van der Waals surface area (Å²) in [6, 6.07) is 5.22. The molecule has 2 N–H and O–H groups in total. The number of aliphatic hydroxyl groups excluding tert-OH is 1. The number of furan rings is 1. The van der Waals surface area contributed by atoms with Crippen LogP contribution in [-0.4, -0.2) is 17.6 Å². The van der Waals surface area contributed by atoms with E-state index >= 15 is 0 Å². The molecule has 1 unspecified atom stereocenters. The number of carbonyl (C=O) groups excluding carboxylic acids is 1. The molecule has 1 atom stereocenters. The molecule has 20 heavy (non-hydrogen) atoms. The fourth-order valence-corrected chi connectivity index (χ4v) is 2.42. The Balaban J connectivity index is 2.07. The standard InChI is InChI=1S/C15H15NO3S/c1-11(13-6-4-9-19-13)16-15(18)14-12(7-10-20-14)5-2-3-8-17/h4,6-7,9-11,17H,3,8H2,1H3,(H,16,18). The molecule has 0 aromatic carbocycles. The summed E-state index contributed by atoms with van der Waals surface area (Å²) in [6.45, 7) is 1.88. The van der Waals surface area contributed by atoms with Gasteiger partial charge in [0, 0.05) is 12.0 Å². The highest BCUT2D eigenvalue weighted by atomic mass is 32.1. The van der Waals surface area contributed by atoms with Gasteiger partial charge < -0.3 is 14.8 Å². The van der Waals surface area contributed by atoms with Crippen molar-refractivity contribution in [3.63, 3.8) is 0 Å². The molecule has 0 saturated carbocycles. The Hall–Kier alpha value is -2.03. The van der Waals surface area contributed by atoms with Gasteiger partial charge in [-0.15, -0.1) is 11.3 Å². The number of rotatable bonds is 4. The highest BCUT2D eigenvalue weighted by Crippen LogP contribution is 2.18. The summed E-state index contributed by atoms with van der Waals surface area (Å²) in [5.74, 6) is 6.26. The van der Waals surface area contributed by atoms with Crippen molar-refractivity contribution in [2.45, 2.75) is 19.4 Å². The number of hydrogen-bond acceptors (Lipinski definition) is 4. The molecule has 0 aliphatic rings. The minimum absolute atomic E-state index is 0.0220. The highest BCUT2D eigenvalue weighted by molar-refractivity contribution is 7.12.